The van der Waals surface area contributed by atoms with Gasteiger partial charge in [-0.3, -0.25) is 9.36 Å². The van der Waals surface area contributed by atoms with Gasteiger partial charge in [0, 0.05) is 0 Å². The number of aryl methyl sites for hydroxylation is 1. The first kappa shape index (κ1) is 13.9. The van der Waals surface area contributed by atoms with E-state index >= 15 is 0 Å². The average Bonchev–Trinajstić information content (AvgIpc) is 3.06. The van der Waals surface area contributed by atoms with Crippen molar-refractivity contribution in [3.05, 3.63) is 51.8 Å². The third-order valence-corrected chi connectivity index (χ3v) is 4.40. The van der Waals surface area contributed by atoms with Crippen molar-refractivity contribution in [1.82, 2.24) is 24.1 Å². The number of hydrogen-bond donors (Lipinski definition) is 0. The van der Waals surface area contributed by atoms with Gasteiger partial charge in [-0.2, -0.15) is 5.10 Å². The van der Waals surface area contributed by atoms with Crippen LogP contribution in [0, 0.1) is 6.92 Å². The van der Waals surface area contributed by atoms with Crippen molar-refractivity contribution in [2.45, 2.75) is 13.5 Å². The van der Waals surface area contributed by atoms with Crippen LogP contribution in [0.1, 0.15) is 10.7 Å². The molecule has 0 aliphatic rings. The predicted octanol–water partition coefficient (Wildman–Crippen LogP) is 1.87. The Morgan fingerprint density at radius 2 is 2.22 bits per heavy atom. The van der Waals surface area contributed by atoms with Crippen molar-refractivity contribution in [2.24, 2.45) is 0 Å². The van der Waals surface area contributed by atoms with Gasteiger partial charge in [0.2, 0.25) is 4.96 Å². The van der Waals surface area contributed by atoms with Crippen molar-refractivity contribution in [1.29, 1.82) is 0 Å². The van der Waals surface area contributed by atoms with Gasteiger partial charge in [-0.05, 0) is 19.1 Å². The maximum Gasteiger partial charge on any atom is 0.261 e. The summed E-state index contributed by atoms with van der Waals surface area (Å²) < 4.78 is 8.52. The van der Waals surface area contributed by atoms with Crippen molar-refractivity contribution in [3.8, 4) is 5.75 Å². The van der Waals surface area contributed by atoms with E-state index < -0.39 is 0 Å². The van der Waals surface area contributed by atoms with Crippen LogP contribution in [0.15, 0.2) is 35.5 Å². The van der Waals surface area contributed by atoms with Crippen molar-refractivity contribution < 1.29 is 4.74 Å². The molecule has 0 aliphatic carbocycles. The second-order valence-electron chi connectivity index (χ2n) is 5.11. The molecule has 0 saturated carbocycles. The third-order valence-electron chi connectivity index (χ3n) is 3.56. The Hall–Kier alpha value is -2.74. The van der Waals surface area contributed by atoms with E-state index in [4.69, 9.17) is 4.74 Å². The number of imidazole rings is 1. The van der Waals surface area contributed by atoms with Crippen LogP contribution in [0.4, 0.5) is 0 Å². The first-order chi connectivity index (χ1) is 11.2. The lowest BCUT2D eigenvalue weighted by atomic mass is 10.2. The highest BCUT2D eigenvalue weighted by Crippen LogP contribution is 2.20. The number of aromatic nitrogens is 5. The van der Waals surface area contributed by atoms with E-state index in [1.165, 1.54) is 17.7 Å². The molecule has 0 atom stereocenters. The Kier molecular flexibility index (Phi) is 3.12. The quantitative estimate of drug-likeness (QED) is 0.574. The SMILES string of the molecule is COc1cccc2c(=O)n(Cc3cn4nc(C)sc4n3)cnc12. The zero-order valence-corrected chi connectivity index (χ0v) is 13.4. The maximum atomic E-state index is 12.6. The molecule has 116 valence electrons. The molecule has 4 rings (SSSR count). The Labute approximate surface area is 134 Å². The number of hydrogen-bond acceptors (Lipinski definition) is 6. The van der Waals surface area contributed by atoms with Gasteiger partial charge < -0.3 is 4.74 Å². The molecule has 0 radical (unpaired) electrons. The standard InChI is InChI=1S/C15H13N5O2S/c1-9-18-20-7-10(17-15(20)23-9)6-19-8-16-13-11(14(19)21)4-3-5-12(13)22-2/h3-5,7-8H,6H2,1-2H3. The second-order valence-corrected chi connectivity index (χ2v) is 6.27. The van der Waals surface area contributed by atoms with Crippen LogP contribution in [-0.4, -0.2) is 31.3 Å². The van der Waals surface area contributed by atoms with Crippen molar-refractivity contribution >= 4 is 27.2 Å². The highest BCUT2D eigenvalue weighted by atomic mass is 32.1. The summed E-state index contributed by atoms with van der Waals surface area (Å²) in [6, 6.07) is 5.32. The fraction of sp³-hybridized carbons (Fsp3) is 0.200. The Bertz CT molecular complexity index is 1050. The summed E-state index contributed by atoms with van der Waals surface area (Å²) in [5.41, 5.74) is 1.23. The van der Waals surface area contributed by atoms with E-state index in [0.717, 1.165) is 15.7 Å². The molecule has 0 spiro atoms. The van der Waals surface area contributed by atoms with Gasteiger partial charge in [0.1, 0.15) is 16.3 Å². The lowest BCUT2D eigenvalue weighted by molar-refractivity contribution is 0.418. The molecule has 3 heterocycles. The van der Waals surface area contributed by atoms with E-state index in [1.54, 1.807) is 34.4 Å². The molecular formula is C15H13N5O2S. The molecule has 0 aliphatic heterocycles. The molecular weight excluding hydrogens is 314 g/mol. The number of fused-ring (bicyclic) bond motifs is 2. The lowest BCUT2D eigenvalue weighted by Crippen LogP contribution is -2.21. The van der Waals surface area contributed by atoms with Gasteiger partial charge >= 0.3 is 0 Å². The molecule has 3 aromatic heterocycles. The molecule has 0 unspecified atom stereocenters. The van der Waals surface area contributed by atoms with Gasteiger partial charge in [-0.1, -0.05) is 17.4 Å². The molecule has 0 fully saturated rings. The van der Waals surface area contributed by atoms with Gasteiger partial charge in [0.15, 0.2) is 0 Å². The van der Waals surface area contributed by atoms with Crippen molar-refractivity contribution in [2.75, 3.05) is 7.11 Å². The summed E-state index contributed by atoms with van der Waals surface area (Å²) in [5.74, 6) is 0.592. The predicted molar refractivity (Wildman–Crippen MR) is 87.3 cm³/mol. The summed E-state index contributed by atoms with van der Waals surface area (Å²) >= 11 is 1.52. The van der Waals surface area contributed by atoms with E-state index in [0.29, 0.717) is 23.2 Å². The number of para-hydroxylation sites is 1. The largest absolute Gasteiger partial charge is 0.494 e. The first-order valence-electron chi connectivity index (χ1n) is 6.99. The van der Waals surface area contributed by atoms with Crippen molar-refractivity contribution in [3.63, 3.8) is 0 Å². The van der Waals surface area contributed by atoms with Gasteiger partial charge in [-0.25, -0.2) is 14.5 Å². The molecule has 0 N–H and O–H groups in total. The van der Waals surface area contributed by atoms with Crippen LogP contribution < -0.4 is 10.3 Å². The summed E-state index contributed by atoms with van der Waals surface area (Å²) in [6.45, 7) is 2.29. The molecule has 4 aromatic rings. The first-order valence-corrected chi connectivity index (χ1v) is 7.81. The van der Waals surface area contributed by atoms with E-state index in [-0.39, 0.29) is 5.56 Å². The fourth-order valence-electron chi connectivity index (χ4n) is 2.54. The van der Waals surface area contributed by atoms with E-state index in [2.05, 4.69) is 15.1 Å². The molecule has 0 saturated heterocycles. The summed E-state index contributed by atoms with van der Waals surface area (Å²) in [5, 5.41) is 5.81. The monoisotopic (exact) mass is 327 g/mol. The molecule has 7 nitrogen and oxygen atoms in total. The second kappa shape index (κ2) is 5.17. The Morgan fingerprint density at radius 1 is 1.35 bits per heavy atom. The molecule has 0 amide bonds. The van der Waals surface area contributed by atoms with Crippen LogP contribution in [0.3, 0.4) is 0 Å². The molecule has 1 aromatic carbocycles. The normalized spacial score (nSPS) is 11.4. The van der Waals surface area contributed by atoms with Crippen LogP contribution >= 0.6 is 11.3 Å². The highest BCUT2D eigenvalue weighted by Gasteiger charge is 2.11. The Balaban J connectivity index is 1.78. The summed E-state index contributed by atoms with van der Waals surface area (Å²) in [7, 11) is 1.56. The van der Waals surface area contributed by atoms with Crippen LogP contribution in [-0.2, 0) is 6.54 Å². The zero-order valence-electron chi connectivity index (χ0n) is 12.6. The zero-order chi connectivity index (χ0) is 16.0. The third kappa shape index (κ3) is 2.27. The minimum Gasteiger partial charge on any atom is -0.494 e. The Morgan fingerprint density at radius 3 is 3.00 bits per heavy atom. The van der Waals surface area contributed by atoms with Gasteiger partial charge in [0.05, 0.1) is 37.3 Å². The molecule has 8 heteroatoms. The van der Waals surface area contributed by atoms with Gasteiger partial charge in [-0.15, -0.1) is 0 Å². The lowest BCUT2D eigenvalue weighted by Gasteiger charge is -2.07. The molecule has 0 bridgehead atoms. The number of ether oxygens (including phenoxy) is 1. The smallest absolute Gasteiger partial charge is 0.261 e. The topological polar surface area (TPSA) is 74.3 Å². The van der Waals surface area contributed by atoms with Crippen LogP contribution in [0.25, 0.3) is 15.9 Å². The average molecular weight is 327 g/mol. The number of benzene rings is 1. The van der Waals surface area contributed by atoms with E-state index in [9.17, 15) is 4.79 Å². The molecule has 23 heavy (non-hydrogen) atoms. The van der Waals surface area contributed by atoms with Crippen LogP contribution in [0.5, 0.6) is 5.75 Å². The summed E-state index contributed by atoms with van der Waals surface area (Å²) in [4.78, 5) is 22.3. The van der Waals surface area contributed by atoms with Gasteiger partial charge in [0.25, 0.3) is 5.56 Å². The number of rotatable bonds is 3. The van der Waals surface area contributed by atoms with E-state index in [1.807, 2.05) is 13.1 Å². The maximum absolute atomic E-state index is 12.6. The minimum absolute atomic E-state index is 0.116. The summed E-state index contributed by atoms with van der Waals surface area (Å²) in [6.07, 6.45) is 3.36. The number of nitrogens with zero attached hydrogens (tertiary/aromatic N) is 5. The highest BCUT2D eigenvalue weighted by molar-refractivity contribution is 7.16. The minimum atomic E-state index is -0.116. The number of methoxy groups -OCH3 is 1. The fourth-order valence-corrected chi connectivity index (χ4v) is 3.28. The van der Waals surface area contributed by atoms with Crippen LogP contribution in [0.2, 0.25) is 0 Å².